The Hall–Kier alpha value is -2.38. The Bertz CT molecular complexity index is 935. The van der Waals surface area contributed by atoms with E-state index in [-0.39, 0.29) is 28.2 Å². The summed E-state index contributed by atoms with van der Waals surface area (Å²) in [6.07, 6.45) is 0. The Morgan fingerprint density at radius 2 is 1.57 bits per heavy atom. The number of nitrogens with zero attached hydrogens (tertiary/aromatic N) is 1. The average Bonchev–Trinajstić information content (AvgIpc) is 2.67. The molecular weight excluding hydrogens is 376 g/mol. The molecule has 7 heteroatoms. The Morgan fingerprint density at radius 3 is 2.07 bits per heavy atom. The molecule has 0 aliphatic rings. The average molecular weight is 405 g/mol. The van der Waals surface area contributed by atoms with Crippen LogP contribution in [0.25, 0.3) is 0 Å². The molecule has 6 nitrogen and oxygen atoms in total. The number of amides is 1. The highest BCUT2D eigenvalue weighted by molar-refractivity contribution is 7.89. The largest absolute Gasteiger partial charge is 0.495 e. The molecule has 1 amide bonds. The molecule has 28 heavy (non-hydrogen) atoms. The van der Waals surface area contributed by atoms with Crippen molar-refractivity contribution in [2.45, 2.75) is 37.6 Å². The van der Waals surface area contributed by atoms with Crippen LogP contribution in [0.2, 0.25) is 0 Å². The maximum absolute atomic E-state index is 12.7. The zero-order chi connectivity index (χ0) is 21.1. The molecule has 0 aliphatic carbocycles. The predicted molar refractivity (Wildman–Crippen MR) is 110 cm³/mol. The Kier molecular flexibility index (Phi) is 6.85. The van der Waals surface area contributed by atoms with Crippen molar-refractivity contribution in [3.63, 3.8) is 0 Å². The second-order valence-electron chi connectivity index (χ2n) is 7.17. The monoisotopic (exact) mass is 404 g/mol. The predicted octanol–water partition coefficient (Wildman–Crippen LogP) is 3.56. The van der Waals surface area contributed by atoms with E-state index in [1.54, 1.807) is 6.07 Å². The molecule has 0 saturated carbocycles. The molecule has 1 atom stereocenters. The lowest BCUT2D eigenvalue weighted by atomic mass is 9.99. The van der Waals surface area contributed by atoms with Gasteiger partial charge in [0.25, 0.3) is 5.91 Å². The number of sulfonamides is 1. The van der Waals surface area contributed by atoms with Crippen LogP contribution in [0.15, 0.2) is 47.4 Å². The van der Waals surface area contributed by atoms with Crippen molar-refractivity contribution < 1.29 is 17.9 Å². The van der Waals surface area contributed by atoms with E-state index in [2.05, 4.69) is 31.3 Å². The molecule has 0 radical (unpaired) electrons. The molecule has 1 N–H and O–H groups in total. The van der Waals surface area contributed by atoms with E-state index < -0.39 is 10.0 Å². The summed E-state index contributed by atoms with van der Waals surface area (Å²) in [7, 11) is 0.524. The van der Waals surface area contributed by atoms with Gasteiger partial charge in [0.05, 0.1) is 13.2 Å². The zero-order valence-electron chi connectivity index (χ0n) is 17.2. The van der Waals surface area contributed by atoms with Crippen LogP contribution in [0.5, 0.6) is 5.75 Å². The number of hydrogen-bond acceptors (Lipinski definition) is 4. The van der Waals surface area contributed by atoms with E-state index >= 15 is 0 Å². The van der Waals surface area contributed by atoms with E-state index in [4.69, 9.17) is 4.74 Å². The Labute approximate surface area is 167 Å². The first kappa shape index (κ1) is 21.9. The standard InChI is InChI=1S/C21H28N2O4S/c1-14(2)16-7-9-17(10-8-16)15(3)22-21(24)18-11-12-19(27-6)20(13-18)28(25,26)23(4)5/h7-15H,1-6H3,(H,22,24). The topological polar surface area (TPSA) is 75.7 Å². The number of rotatable bonds is 7. The van der Waals surface area contributed by atoms with Crippen LogP contribution in [0.1, 0.15) is 54.2 Å². The van der Waals surface area contributed by atoms with Crippen molar-refractivity contribution >= 4 is 15.9 Å². The van der Waals surface area contributed by atoms with Crippen molar-refractivity contribution in [1.82, 2.24) is 9.62 Å². The second-order valence-corrected chi connectivity index (χ2v) is 9.29. The van der Waals surface area contributed by atoms with Crippen molar-refractivity contribution in [2.24, 2.45) is 0 Å². The molecule has 2 rings (SSSR count). The summed E-state index contributed by atoms with van der Waals surface area (Å²) in [6, 6.07) is 12.3. The van der Waals surface area contributed by atoms with Gasteiger partial charge in [0.15, 0.2) is 0 Å². The molecule has 0 heterocycles. The van der Waals surface area contributed by atoms with Crippen molar-refractivity contribution in [3.05, 3.63) is 59.2 Å². The van der Waals surface area contributed by atoms with Gasteiger partial charge in [-0.2, -0.15) is 0 Å². The summed E-state index contributed by atoms with van der Waals surface area (Å²) < 4.78 is 31.3. The minimum absolute atomic E-state index is 0.0402. The highest BCUT2D eigenvalue weighted by atomic mass is 32.2. The van der Waals surface area contributed by atoms with Gasteiger partial charge in [-0.15, -0.1) is 0 Å². The third-order valence-corrected chi connectivity index (χ3v) is 6.47. The number of nitrogens with one attached hydrogen (secondary N) is 1. The lowest BCUT2D eigenvalue weighted by Gasteiger charge is -2.18. The minimum Gasteiger partial charge on any atom is -0.495 e. The molecule has 2 aromatic carbocycles. The molecule has 0 fully saturated rings. The number of ether oxygens (including phenoxy) is 1. The fourth-order valence-electron chi connectivity index (χ4n) is 2.75. The summed E-state index contributed by atoms with van der Waals surface area (Å²) in [4.78, 5) is 12.7. The third kappa shape index (κ3) is 4.72. The number of carbonyl (C=O) groups excluding carboxylic acids is 1. The van der Waals surface area contributed by atoms with E-state index in [0.717, 1.165) is 9.87 Å². The van der Waals surface area contributed by atoms with Gasteiger partial charge in [-0.25, -0.2) is 12.7 Å². The number of carbonyl (C=O) groups is 1. The molecule has 0 bridgehead atoms. The first-order valence-electron chi connectivity index (χ1n) is 9.09. The second kappa shape index (κ2) is 8.75. The van der Waals surface area contributed by atoms with E-state index in [9.17, 15) is 13.2 Å². The Balaban J connectivity index is 2.26. The quantitative estimate of drug-likeness (QED) is 0.766. The summed E-state index contributed by atoms with van der Waals surface area (Å²) in [5.41, 5.74) is 2.47. The van der Waals surface area contributed by atoms with Gasteiger partial charge < -0.3 is 10.1 Å². The van der Waals surface area contributed by atoms with Gasteiger partial charge in [0, 0.05) is 19.7 Å². The van der Waals surface area contributed by atoms with Crippen LogP contribution in [-0.2, 0) is 10.0 Å². The molecule has 0 aliphatic heterocycles. The summed E-state index contributed by atoms with van der Waals surface area (Å²) in [6.45, 7) is 6.15. The third-order valence-electron chi connectivity index (χ3n) is 4.64. The molecule has 152 valence electrons. The van der Waals surface area contributed by atoms with E-state index in [1.165, 1.54) is 38.9 Å². The van der Waals surface area contributed by atoms with Gasteiger partial charge in [0.2, 0.25) is 10.0 Å². The normalized spacial score (nSPS) is 12.9. The maximum Gasteiger partial charge on any atom is 0.251 e. The highest BCUT2D eigenvalue weighted by Gasteiger charge is 2.24. The van der Waals surface area contributed by atoms with E-state index in [1.807, 2.05) is 19.1 Å². The van der Waals surface area contributed by atoms with Crippen LogP contribution in [0.4, 0.5) is 0 Å². The fraction of sp³-hybridized carbons (Fsp3) is 0.381. The van der Waals surface area contributed by atoms with Crippen LogP contribution < -0.4 is 10.1 Å². The lowest BCUT2D eigenvalue weighted by molar-refractivity contribution is 0.0939. The van der Waals surface area contributed by atoms with Gasteiger partial charge in [0.1, 0.15) is 10.6 Å². The fourth-order valence-corrected chi connectivity index (χ4v) is 3.82. The van der Waals surface area contributed by atoms with Gasteiger partial charge >= 0.3 is 0 Å². The van der Waals surface area contributed by atoms with Crippen LogP contribution in [-0.4, -0.2) is 39.8 Å². The highest BCUT2D eigenvalue weighted by Crippen LogP contribution is 2.27. The van der Waals surface area contributed by atoms with Crippen molar-refractivity contribution in [2.75, 3.05) is 21.2 Å². The number of hydrogen-bond donors (Lipinski definition) is 1. The molecule has 1 unspecified atom stereocenters. The van der Waals surface area contributed by atoms with Crippen molar-refractivity contribution in [1.29, 1.82) is 0 Å². The van der Waals surface area contributed by atoms with Crippen molar-refractivity contribution in [3.8, 4) is 5.75 Å². The molecule has 2 aromatic rings. The van der Waals surface area contributed by atoms with E-state index in [0.29, 0.717) is 5.92 Å². The summed E-state index contributed by atoms with van der Waals surface area (Å²) >= 11 is 0. The molecule has 0 saturated heterocycles. The molecule has 0 spiro atoms. The Morgan fingerprint density at radius 1 is 1.00 bits per heavy atom. The summed E-state index contributed by atoms with van der Waals surface area (Å²) in [5, 5.41) is 2.92. The van der Waals surface area contributed by atoms with Crippen LogP contribution >= 0.6 is 0 Å². The van der Waals surface area contributed by atoms with Gasteiger partial charge in [-0.3, -0.25) is 4.79 Å². The molecule has 0 aromatic heterocycles. The first-order valence-corrected chi connectivity index (χ1v) is 10.5. The molecular formula is C21H28N2O4S. The number of benzene rings is 2. The lowest BCUT2D eigenvalue weighted by Crippen LogP contribution is -2.27. The zero-order valence-corrected chi connectivity index (χ0v) is 18.0. The summed E-state index contributed by atoms with van der Waals surface area (Å²) in [5.74, 6) is 0.288. The first-order chi connectivity index (χ1) is 13.1. The smallest absolute Gasteiger partial charge is 0.251 e. The van der Waals surface area contributed by atoms with Gasteiger partial charge in [-0.05, 0) is 42.2 Å². The van der Waals surface area contributed by atoms with Crippen LogP contribution in [0, 0.1) is 0 Å². The minimum atomic E-state index is -3.74. The van der Waals surface area contributed by atoms with Gasteiger partial charge in [-0.1, -0.05) is 38.1 Å². The maximum atomic E-state index is 12.7. The number of methoxy groups -OCH3 is 1. The SMILES string of the molecule is COc1ccc(C(=O)NC(C)c2ccc(C(C)C)cc2)cc1S(=O)(=O)N(C)C. The van der Waals surface area contributed by atoms with Crippen LogP contribution in [0.3, 0.4) is 0 Å².